The predicted molar refractivity (Wildman–Crippen MR) is 54.9 cm³/mol. The van der Waals surface area contributed by atoms with Crippen LogP contribution < -0.4 is 5.32 Å². The number of methoxy groups -OCH3 is 1. The van der Waals surface area contributed by atoms with Crippen LogP contribution in [-0.2, 0) is 4.74 Å². The highest BCUT2D eigenvalue weighted by molar-refractivity contribution is 9.10. The summed E-state index contributed by atoms with van der Waals surface area (Å²) >= 11 is 3.33. The van der Waals surface area contributed by atoms with Crippen molar-refractivity contribution in [3.05, 3.63) is 28.2 Å². The number of carbonyl (C=O) groups is 1. The van der Waals surface area contributed by atoms with Crippen molar-refractivity contribution in [1.29, 1.82) is 0 Å². The van der Waals surface area contributed by atoms with Gasteiger partial charge in [0.15, 0.2) is 0 Å². The Hall–Kier alpha value is -1.03. The standard InChI is InChI=1S/C9H10BrNO2/c1-6-3-4-8(7(10)5-6)11-9(12)13-2/h3-5H,1-2H3,(H,11,12). The molecule has 13 heavy (non-hydrogen) atoms. The van der Waals surface area contributed by atoms with E-state index >= 15 is 0 Å². The van der Waals surface area contributed by atoms with E-state index in [1.807, 2.05) is 25.1 Å². The summed E-state index contributed by atoms with van der Waals surface area (Å²) in [4.78, 5) is 10.9. The summed E-state index contributed by atoms with van der Waals surface area (Å²) in [6.07, 6.45) is -0.468. The van der Waals surface area contributed by atoms with Crippen molar-refractivity contribution in [3.8, 4) is 0 Å². The van der Waals surface area contributed by atoms with Crippen LogP contribution in [0.2, 0.25) is 0 Å². The molecule has 70 valence electrons. The van der Waals surface area contributed by atoms with E-state index in [0.717, 1.165) is 10.0 Å². The first kappa shape index (κ1) is 10.1. The lowest BCUT2D eigenvalue weighted by atomic mass is 10.2. The second-order valence-corrected chi connectivity index (χ2v) is 3.45. The smallest absolute Gasteiger partial charge is 0.411 e. The molecule has 0 radical (unpaired) electrons. The third kappa shape index (κ3) is 2.73. The number of halogens is 1. The first-order valence-electron chi connectivity index (χ1n) is 3.74. The second kappa shape index (κ2) is 4.28. The van der Waals surface area contributed by atoms with Crippen molar-refractivity contribution in [2.45, 2.75) is 6.92 Å². The molecule has 0 spiro atoms. The fourth-order valence-electron chi connectivity index (χ4n) is 0.883. The highest BCUT2D eigenvalue weighted by Crippen LogP contribution is 2.23. The van der Waals surface area contributed by atoms with Crippen LogP contribution in [0.1, 0.15) is 5.56 Å². The van der Waals surface area contributed by atoms with E-state index in [2.05, 4.69) is 26.0 Å². The van der Waals surface area contributed by atoms with Crippen molar-refractivity contribution >= 4 is 27.7 Å². The Bertz CT molecular complexity index is 325. The zero-order chi connectivity index (χ0) is 9.84. The first-order chi connectivity index (χ1) is 6.13. The molecule has 0 aliphatic carbocycles. The number of rotatable bonds is 1. The van der Waals surface area contributed by atoms with Crippen molar-refractivity contribution in [2.24, 2.45) is 0 Å². The van der Waals surface area contributed by atoms with Gasteiger partial charge in [-0.05, 0) is 40.5 Å². The molecule has 3 nitrogen and oxygen atoms in total. The third-order valence-corrected chi connectivity index (χ3v) is 2.20. The molecule has 0 saturated heterocycles. The number of amides is 1. The largest absolute Gasteiger partial charge is 0.453 e. The van der Waals surface area contributed by atoms with Crippen LogP contribution in [0.15, 0.2) is 22.7 Å². The van der Waals surface area contributed by atoms with Crippen LogP contribution in [0.5, 0.6) is 0 Å². The molecule has 0 bridgehead atoms. The van der Waals surface area contributed by atoms with Gasteiger partial charge < -0.3 is 4.74 Å². The van der Waals surface area contributed by atoms with Crippen molar-refractivity contribution < 1.29 is 9.53 Å². The van der Waals surface area contributed by atoms with Gasteiger partial charge in [0.2, 0.25) is 0 Å². The molecule has 1 aromatic carbocycles. The zero-order valence-electron chi connectivity index (χ0n) is 7.43. The molecule has 1 N–H and O–H groups in total. The van der Waals surface area contributed by atoms with Gasteiger partial charge in [-0.15, -0.1) is 0 Å². The highest BCUT2D eigenvalue weighted by Gasteiger charge is 2.03. The molecular weight excluding hydrogens is 234 g/mol. The van der Waals surface area contributed by atoms with Crippen LogP contribution >= 0.6 is 15.9 Å². The number of carbonyl (C=O) groups excluding carboxylic acids is 1. The van der Waals surface area contributed by atoms with Gasteiger partial charge in [-0.3, -0.25) is 5.32 Å². The molecule has 0 atom stereocenters. The van der Waals surface area contributed by atoms with Gasteiger partial charge in [-0.25, -0.2) is 4.79 Å². The average molecular weight is 244 g/mol. The Balaban J connectivity index is 2.83. The summed E-state index contributed by atoms with van der Waals surface area (Å²) in [6.45, 7) is 1.98. The Labute approximate surface area is 85.2 Å². The van der Waals surface area contributed by atoms with E-state index in [1.54, 1.807) is 0 Å². The number of nitrogens with one attached hydrogen (secondary N) is 1. The summed E-state index contributed by atoms with van der Waals surface area (Å²) in [5.41, 5.74) is 1.83. The topological polar surface area (TPSA) is 38.3 Å². The van der Waals surface area contributed by atoms with Crippen LogP contribution in [0.3, 0.4) is 0 Å². The summed E-state index contributed by atoms with van der Waals surface area (Å²) in [7, 11) is 1.33. The lowest BCUT2D eigenvalue weighted by Crippen LogP contribution is -2.11. The number of ether oxygens (including phenoxy) is 1. The van der Waals surface area contributed by atoms with Gasteiger partial charge in [0, 0.05) is 4.47 Å². The average Bonchev–Trinajstić information content (AvgIpc) is 2.09. The molecule has 1 aromatic rings. The molecular formula is C9H10BrNO2. The van der Waals surface area contributed by atoms with E-state index in [4.69, 9.17) is 0 Å². The lowest BCUT2D eigenvalue weighted by molar-refractivity contribution is 0.187. The molecule has 1 amide bonds. The van der Waals surface area contributed by atoms with Crippen molar-refractivity contribution in [3.63, 3.8) is 0 Å². The number of aryl methyl sites for hydroxylation is 1. The molecule has 0 saturated carbocycles. The Morgan fingerprint density at radius 2 is 2.23 bits per heavy atom. The SMILES string of the molecule is COC(=O)Nc1ccc(C)cc1Br. The Morgan fingerprint density at radius 3 is 2.77 bits per heavy atom. The molecule has 0 fully saturated rings. The maximum atomic E-state index is 10.9. The summed E-state index contributed by atoms with van der Waals surface area (Å²) in [6, 6.07) is 5.65. The van der Waals surface area contributed by atoms with Crippen LogP contribution in [0.4, 0.5) is 10.5 Å². The van der Waals surface area contributed by atoms with Crippen LogP contribution in [0, 0.1) is 6.92 Å². The minimum absolute atomic E-state index is 0.468. The van der Waals surface area contributed by atoms with Gasteiger partial charge in [0.25, 0.3) is 0 Å². The van der Waals surface area contributed by atoms with Gasteiger partial charge in [-0.2, -0.15) is 0 Å². The molecule has 0 unspecified atom stereocenters. The fourth-order valence-corrected chi connectivity index (χ4v) is 1.47. The normalized spacial score (nSPS) is 9.46. The molecule has 0 heterocycles. The number of hydrogen-bond donors (Lipinski definition) is 1. The summed E-state index contributed by atoms with van der Waals surface area (Å²) < 4.78 is 5.31. The van der Waals surface area contributed by atoms with E-state index in [1.165, 1.54) is 7.11 Å². The third-order valence-electron chi connectivity index (χ3n) is 1.55. The van der Waals surface area contributed by atoms with E-state index in [9.17, 15) is 4.79 Å². The highest BCUT2D eigenvalue weighted by atomic mass is 79.9. The van der Waals surface area contributed by atoms with Gasteiger partial charge in [0.05, 0.1) is 12.8 Å². The lowest BCUT2D eigenvalue weighted by Gasteiger charge is -2.06. The van der Waals surface area contributed by atoms with Crippen molar-refractivity contribution in [1.82, 2.24) is 0 Å². The predicted octanol–water partition coefficient (Wildman–Crippen LogP) is 2.94. The maximum Gasteiger partial charge on any atom is 0.411 e. The second-order valence-electron chi connectivity index (χ2n) is 2.60. The van der Waals surface area contributed by atoms with Gasteiger partial charge >= 0.3 is 6.09 Å². The zero-order valence-corrected chi connectivity index (χ0v) is 9.01. The molecule has 0 aliphatic rings. The van der Waals surface area contributed by atoms with Crippen LogP contribution in [0.25, 0.3) is 0 Å². The Morgan fingerprint density at radius 1 is 1.54 bits per heavy atom. The number of benzene rings is 1. The minimum Gasteiger partial charge on any atom is -0.453 e. The quantitative estimate of drug-likeness (QED) is 0.824. The van der Waals surface area contributed by atoms with E-state index in [-0.39, 0.29) is 0 Å². The van der Waals surface area contributed by atoms with Crippen molar-refractivity contribution in [2.75, 3.05) is 12.4 Å². The molecule has 0 aromatic heterocycles. The van der Waals surface area contributed by atoms with Crippen LogP contribution in [-0.4, -0.2) is 13.2 Å². The van der Waals surface area contributed by atoms with Gasteiger partial charge in [0.1, 0.15) is 0 Å². The molecule has 0 aliphatic heterocycles. The fraction of sp³-hybridized carbons (Fsp3) is 0.222. The molecule has 1 rings (SSSR count). The Kier molecular flexibility index (Phi) is 3.31. The van der Waals surface area contributed by atoms with E-state index in [0.29, 0.717) is 5.69 Å². The van der Waals surface area contributed by atoms with Gasteiger partial charge in [-0.1, -0.05) is 6.07 Å². The summed E-state index contributed by atoms with van der Waals surface area (Å²) in [5, 5.41) is 2.58. The van der Waals surface area contributed by atoms with E-state index < -0.39 is 6.09 Å². The monoisotopic (exact) mass is 243 g/mol. The minimum atomic E-state index is -0.468. The number of hydrogen-bond acceptors (Lipinski definition) is 2. The maximum absolute atomic E-state index is 10.9. The molecule has 4 heteroatoms. The summed E-state index contributed by atoms with van der Waals surface area (Å²) in [5.74, 6) is 0. The number of anilines is 1. The first-order valence-corrected chi connectivity index (χ1v) is 4.54.